The summed E-state index contributed by atoms with van der Waals surface area (Å²) in [7, 11) is -2.82. The highest BCUT2D eigenvalue weighted by atomic mass is 127. The molecule has 1 fully saturated rings. The van der Waals surface area contributed by atoms with E-state index in [4.69, 9.17) is 9.39 Å². The van der Waals surface area contributed by atoms with Crippen LogP contribution in [0.5, 0.6) is 11.5 Å². The van der Waals surface area contributed by atoms with Gasteiger partial charge in [-0.3, -0.25) is 0 Å². The fourth-order valence-corrected chi connectivity index (χ4v) is 7.17. The van der Waals surface area contributed by atoms with Crippen molar-refractivity contribution in [2.24, 2.45) is 5.92 Å². The molecule has 0 unspecified atom stereocenters. The Bertz CT molecular complexity index is 985. The van der Waals surface area contributed by atoms with Crippen molar-refractivity contribution in [3.05, 3.63) is 38.0 Å². The van der Waals surface area contributed by atoms with Crippen LogP contribution in [0.25, 0.3) is 6.08 Å². The van der Waals surface area contributed by atoms with Crippen molar-refractivity contribution in [1.82, 2.24) is 0 Å². The summed E-state index contributed by atoms with van der Waals surface area (Å²) in [6, 6.07) is 3.66. The molecular weight excluding hydrogens is 518 g/mol. The van der Waals surface area contributed by atoms with E-state index >= 15 is 0 Å². The third kappa shape index (κ3) is 4.89. The normalized spacial score (nSPS) is 23.8. The molecule has 1 aromatic rings. The van der Waals surface area contributed by atoms with Crippen molar-refractivity contribution >= 4 is 45.6 Å². The molecule has 0 aromatic heterocycles. The molecule has 0 spiro atoms. The van der Waals surface area contributed by atoms with E-state index in [0.29, 0.717) is 22.2 Å². The van der Waals surface area contributed by atoms with Gasteiger partial charge in [0.2, 0.25) is 0 Å². The molecule has 2 aliphatic rings. The van der Waals surface area contributed by atoms with E-state index in [9.17, 15) is 18.5 Å². The summed E-state index contributed by atoms with van der Waals surface area (Å²) in [5.41, 5.74) is 3.81. The molecule has 2 N–H and O–H groups in total. The van der Waals surface area contributed by atoms with E-state index in [1.165, 1.54) is 7.11 Å². The van der Waals surface area contributed by atoms with Crippen LogP contribution in [0, 0.1) is 9.49 Å². The Morgan fingerprint density at radius 2 is 2.13 bits per heavy atom. The van der Waals surface area contributed by atoms with Gasteiger partial charge in [-0.1, -0.05) is 25.5 Å². The third-order valence-electron chi connectivity index (χ3n) is 5.77. The van der Waals surface area contributed by atoms with Crippen molar-refractivity contribution in [3.63, 3.8) is 0 Å². The van der Waals surface area contributed by atoms with Crippen LogP contribution in [0.4, 0.5) is 0 Å². The molecule has 0 bridgehead atoms. The number of aromatic hydroxyl groups is 1. The SMILES string of the molecule is COc1cc(/C=C(\C)CC[C@H]2OB(O)C[C@H]3C2=C(C(C)C)CS3(=O)=O)cc(I)c1O. The second-order valence-electron chi connectivity index (χ2n) is 8.33. The summed E-state index contributed by atoms with van der Waals surface area (Å²) in [5.74, 6) is 0.742. The molecule has 30 heavy (non-hydrogen) atoms. The lowest BCUT2D eigenvalue weighted by Gasteiger charge is -2.32. The molecule has 0 saturated carbocycles. The van der Waals surface area contributed by atoms with Crippen LogP contribution in [0.2, 0.25) is 6.32 Å². The van der Waals surface area contributed by atoms with Gasteiger partial charge in [-0.2, -0.15) is 0 Å². The molecule has 0 amide bonds. The van der Waals surface area contributed by atoms with Gasteiger partial charge >= 0.3 is 7.12 Å². The van der Waals surface area contributed by atoms with E-state index in [0.717, 1.165) is 22.3 Å². The standard InChI is InChI=1S/C21H28BIO6S/c1-12(2)15-11-30(26,27)19-10-22(25)29-17(20(15)19)6-5-13(3)7-14-8-16(23)21(24)18(9-14)28-4/h7-9,12,17,19,24-25H,5-6,10-11H2,1-4H3/b13-7+/t17-,19+/m1/s1. The first kappa shape index (κ1) is 23.6. The van der Waals surface area contributed by atoms with Gasteiger partial charge in [-0.05, 0) is 77.1 Å². The highest BCUT2D eigenvalue weighted by Gasteiger charge is 2.48. The summed E-state index contributed by atoms with van der Waals surface area (Å²) >= 11 is 2.06. The van der Waals surface area contributed by atoms with Crippen LogP contribution in [-0.2, 0) is 14.5 Å². The lowest BCUT2D eigenvalue weighted by Crippen LogP contribution is -2.42. The number of phenolic OH excluding ortho intramolecular Hbond substituents is 1. The van der Waals surface area contributed by atoms with E-state index in [1.807, 2.05) is 32.9 Å². The fraction of sp³-hybridized carbons (Fsp3) is 0.524. The second kappa shape index (κ2) is 9.22. The highest BCUT2D eigenvalue weighted by Crippen LogP contribution is 2.42. The molecule has 0 radical (unpaired) electrons. The summed E-state index contributed by atoms with van der Waals surface area (Å²) in [6.45, 7) is 6.02. The van der Waals surface area contributed by atoms with Gasteiger partial charge in [0.05, 0.1) is 27.8 Å². The first-order chi connectivity index (χ1) is 14.0. The Labute approximate surface area is 192 Å². The predicted octanol–water partition coefficient (Wildman–Crippen LogP) is 3.82. The van der Waals surface area contributed by atoms with Crippen molar-refractivity contribution in [2.45, 2.75) is 51.3 Å². The maximum absolute atomic E-state index is 12.6. The van der Waals surface area contributed by atoms with E-state index in [1.54, 1.807) is 6.07 Å². The Hall–Kier alpha value is -1.04. The van der Waals surface area contributed by atoms with E-state index in [2.05, 4.69) is 22.6 Å². The number of benzene rings is 1. The zero-order valence-electron chi connectivity index (χ0n) is 17.7. The minimum absolute atomic E-state index is 0.0673. The summed E-state index contributed by atoms with van der Waals surface area (Å²) in [4.78, 5) is 0. The lowest BCUT2D eigenvalue weighted by molar-refractivity contribution is 0.169. The minimum Gasteiger partial charge on any atom is -0.504 e. The highest BCUT2D eigenvalue weighted by molar-refractivity contribution is 14.1. The number of halogens is 1. The number of hydrogen-bond acceptors (Lipinski definition) is 6. The number of allylic oxidation sites excluding steroid dienone is 1. The second-order valence-corrected chi connectivity index (χ2v) is 11.7. The minimum atomic E-state index is -3.28. The first-order valence-electron chi connectivity index (χ1n) is 10.0. The average Bonchev–Trinajstić information content (AvgIpc) is 2.94. The molecule has 0 aliphatic carbocycles. The Morgan fingerprint density at radius 1 is 1.43 bits per heavy atom. The van der Waals surface area contributed by atoms with Gasteiger partial charge in [0.25, 0.3) is 0 Å². The predicted molar refractivity (Wildman–Crippen MR) is 127 cm³/mol. The number of phenols is 1. The zero-order chi connectivity index (χ0) is 22.2. The molecule has 3 rings (SSSR count). The van der Waals surface area contributed by atoms with Crippen molar-refractivity contribution in [1.29, 1.82) is 0 Å². The van der Waals surface area contributed by atoms with Crippen LogP contribution in [0.15, 0.2) is 28.9 Å². The van der Waals surface area contributed by atoms with E-state index < -0.39 is 28.3 Å². The molecule has 2 aliphatic heterocycles. The quantitative estimate of drug-likeness (QED) is 0.321. The maximum atomic E-state index is 12.6. The number of sulfone groups is 1. The monoisotopic (exact) mass is 546 g/mol. The number of fused-ring (bicyclic) bond motifs is 1. The average molecular weight is 546 g/mol. The third-order valence-corrected chi connectivity index (χ3v) is 8.62. The van der Waals surface area contributed by atoms with Crippen LogP contribution >= 0.6 is 22.6 Å². The van der Waals surface area contributed by atoms with Gasteiger partial charge in [-0.25, -0.2) is 8.42 Å². The summed E-state index contributed by atoms with van der Waals surface area (Å²) in [6.07, 6.45) is 3.03. The lowest BCUT2D eigenvalue weighted by atomic mass is 9.74. The van der Waals surface area contributed by atoms with E-state index in [-0.39, 0.29) is 23.7 Å². The number of rotatable bonds is 6. The summed E-state index contributed by atoms with van der Waals surface area (Å²) in [5, 5.41) is 19.5. The summed E-state index contributed by atoms with van der Waals surface area (Å²) < 4.78 is 37.0. The van der Waals surface area contributed by atoms with Gasteiger partial charge in [0.1, 0.15) is 0 Å². The van der Waals surface area contributed by atoms with Crippen LogP contribution in [0.3, 0.4) is 0 Å². The fourth-order valence-electron chi connectivity index (χ4n) is 4.26. The Morgan fingerprint density at radius 3 is 2.77 bits per heavy atom. The Balaban J connectivity index is 1.81. The topological polar surface area (TPSA) is 93.1 Å². The number of methoxy groups -OCH3 is 1. The molecule has 2 heterocycles. The molecule has 1 saturated heterocycles. The number of hydrogen-bond donors (Lipinski definition) is 2. The van der Waals surface area contributed by atoms with Crippen LogP contribution in [0.1, 0.15) is 39.2 Å². The zero-order valence-corrected chi connectivity index (χ0v) is 20.7. The van der Waals surface area contributed by atoms with Crippen molar-refractivity contribution in [2.75, 3.05) is 12.9 Å². The molecule has 164 valence electrons. The molecule has 1 aromatic carbocycles. The molecule has 6 nitrogen and oxygen atoms in total. The van der Waals surface area contributed by atoms with Gasteiger partial charge < -0.3 is 19.5 Å². The molecule has 9 heteroatoms. The van der Waals surface area contributed by atoms with Crippen molar-refractivity contribution < 1.29 is 27.9 Å². The first-order valence-corrected chi connectivity index (χ1v) is 12.8. The largest absolute Gasteiger partial charge is 0.504 e. The smallest absolute Gasteiger partial charge is 0.456 e. The van der Waals surface area contributed by atoms with Crippen molar-refractivity contribution in [3.8, 4) is 11.5 Å². The van der Waals surface area contributed by atoms with Gasteiger partial charge in [0.15, 0.2) is 21.3 Å². The van der Waals surface area contributed by atoms with Gasteiger partial charge in [-0.15, -0.1) is 0 Å². The van der Waals surface area contributed by atoms with Crippen LogP contribution in [-0.4, -0.2) is 49.9 Å². The number of ether oxygens (including phenoxy) is 1. The molecular formula is C21H28BIO6S. The van der Waals surface area contributed by atoms with Crippen LogP contribution < -0.4 is 4.74 Å². The van der Waals surface area contributed by atoms with Gasteiger partial charge in [0, 0.05) is 6.32 Å². The molecule has 2 atom stereocenters. The maximum Gasteiger partial charge on any atom is 0.456 e. The Kier molecular flexibility index (Phi) is 7.26.